The molecule has 0 bridgehead atoms. The zero-order valence-corrected chi connectivity index (χ0v) is 11.9. The van der Waals surface area contributed by atoms with Crippen molar-refractivity contribution in [3.63, 3.8) is 0 Å². The molecule has 1 fully saturated rings. The van der Waals surface area contributed by atoms with E-state index in [-0.39, 0.29) is 5.78 Å². The Morgan fingerprint density at radius 1 is 1.32 bits per heavy atom. The summed E-state index contributed by atoms with van der Waals surface area (Å²) in [5, 5.41) is 0. The van der Waals surface area contributed by atoms with E-state index in [1.165, 1.54) is 0 Å². The molecule has 3 heteroatoms. The topological polar surface area (TPSA) is 29.5 Å². The molecular weight excluding hydrogens is 238 g/mol. The number of rotatable bonds is 5. The zero-order valence-electron chi connectivity index (χ0n) is 11.9. The number of nitrogens with zero attached hydrogens (tertiary/aromatic N) is 1. The first-order valence-electron chi connectivity index (χ1n) is 7.05. The summed E-state index contributed by atoms with van der Waals surface area (Å²) in [7, 11) is 2.11. The summed E-state index contributed by atoms with van der Waals surface area (Å²) in [6.07, 6.45) is 2.75. The van der Waals surface area contributed by atoms with Gasteiger partial charge in [-0.15, -0.1) is 0 Å². The summed E-state index contributed by atoms with van der Waals surface area (Å²) in [6.45, 7) is 4.52. The van der Waals surface area contributed by atoms with Gasteiger partial charge in [0.25, 0.3) is 0 Å². The van der Waals surface area contributed by atoms with Crippen molar-refractivity contribution in [2.75, 3.05) is 26.8 Å². The quantitative estimate of drug-likeness (QED) is 0.763. The zero-order chi connectivity index (χ0) is 13.7. The van der Waals surface area contributed by atoms with Gasteiger partial charge >= 0.3 is 0 Å². The summed E-state index contributed by atoms with van der Waals surface area (Å²) in [5.74, 6) is 0.247. The van der Waals surface area contributed by atoms with E-state index >= 15 is 0 Å². The fourth-order valence-electron chi connectivity index (χ4n) is 2.61. The first kappa shape index (κ1) is 14.2. The number of aryl methyl sites for hydroxylation is 1. The summed E-state index contributed by atoms with van der Waals surface area (Å²) in [5.41, 5.74) is 1.93. The van der Waals surface area contributed by atoms with Crippen LogP contribution in [0.5, 0.6) is 0 Å². The van der Waals surface area contributed by atoms with Crippen LogP contribution in [0.2, 0.25) is 0 Å². The molecule has 0 atom stereocenters. The molecule has 1 aliphatic rings. The highest BCUT2D eigenvalue weighted by Gasteiger charge is 2.19. The third-order valence-electron chi connectivity index (χ3n) is 3.95. The van der Waals surface area contributed by atoms with Crippen LogP contribution in [0.4, 0.5) is 0 Å². The van der Waals surface area contributed by atoms with Crippen LogP contribution in [0, 0.1) is 6.92 Å². The third kappa shape index (κ3) is 3.88. The SMILES string of the molecule is Cc1ccccc1C(=O)CCN(C)C1CCOCC1. The molecule has 0 N–H and O–H groups in total. The van der Waals surface area contributed by atoms with E-state index < -0.39 is 0 Å². The Morgan fingerprint density at radius 2 is 2.00 bits per heavy atom. The summed E-state index contributed by atoms with van der Waals surface area (Å²) < 4.78 is 5.37. The van der Waals surface area contributed by atoms with E-state index in [9.17, 15) is 4.79 Å². The van der Waals surface area contributed by atoms with Gasteiger partial charge in [0.05, 0.1) is 0 Å². The van der Waals surface area contributed by atoms with Gasteiger partial charge in [-0.2, -0.15) is 0 Å². The molecule has 0 spiro atoms. The van der Waals surface area contributed by atoms with Gasteiger partial charge in [0, 0.05) is 37.8 Å². The monoisotopic (exact) mass is 261 g/mol. The number of ether oxygens (including phenoxy) is 1. The molecule has 1 aromatic rings. The Kier molecular flexibility index (Phi) is 5.11. The smallest absolute Gasteiger partial charge is 0.164 e. The van der Waals surface area contributed by atoms with Crippen molar-refractivity contribution in [3.05, 3.63) is 35.4 Å². The molecule has 0 saturated carbocycles. The van der Waals surface area contributed by atoms with Crippen LogP contribution in [0.15, 0.2) is 24.3 Å². The minimum Gasteiger partial charge on any atom is -0.381 e. The second kappa shape index (κ2) is 6.83. The predicted octanol–water partition coefficient (Wildman–Crippen LogP) is 2.68. The molecule has 1 saturated heterocycles. The number of hydrogen-bond donors (Lipinski definition) is 0. The van der Waals surface area contributed by atoms with Crippen LogP contribution in [0.25, 0.3) is 0 Å². The average Bonchev–Trinajstić information content (AvgIpc) is 2.46. The van der Waals surface area contributed by atoms with E-state index in [0.717, 1.165) is 43.7 Å². The first-order chi connectivity index (χ1) is 9.18. The largest absolute Gasteiger partial charge is 0.381 e. The summed E-state index contributed by atoms with van der Waals surface area (Å²) >= 11 is 0. The van der Waals surface area contributed by atoms with Gasteiger partial charge in [-0.25, -0.2) is 0 Å². The number of Topliss-reactive ketones (excluding diaryl/α,β-unsaturated/α-hetero) is 1. The standard InChI is InChI=1S/C16H23NO2/c1-13-5-3-4-6-15(13)16(18)7-10-17(2)14-8-11-19-12-9-14/h3-6,14H,7-12H2,1-2H3. The molecular formula is C16H23NO2. The second-order valence-electron chi connectivity index (χ2n) is 5.31. The van der Waals surface area contributed by atoms with E-state index in [4.69, 9.17) is 4.74 Å². The van der Waals surface area contributed by atoms with Crippen molar-refractivity contribution in [3.8, 4) is 0 Å². The molecule has 0 amide bonds. The lowest BCUT2D eigenvalue weighted by molar-refractivity contribution is 0.0425. The van der Waals surface area contributed by atoms with Crippen LogP contribution in [0.1, 0.15) is 35.2 Å². The van der Waals surface area contributed by atoms with E-state index in [2.05, 4.69) is 11.9 Å². The highest BCUT2D eigenvalue weighted by atomic mass is 16.5. The number of carbonyl (C=O) groups excluding carboxylic acids is 1. The maximum Gasteiger partial charge on any atom is 0.164 e. The molecule has 1 aliphatic heterocycles. The fraction of sp³-hybridized carbons (Fsp3) is 0.562. The Bertz CT molecular complexity index is 425. The number of ketones is 1. The Balaban J connectivity index is 1.84. The maximum atomic E-state index is 12.2. The van der Waals surface area contributed by atoms with Crippen LogP contribution < -0.4 is 0 Å². The highest BCUT2D eigenvalue weighted by molar-refractivity contribution is 5.97. The number of carbonyl (C=O) groups is 1. The molecule has 0 aliphatic carbocycles. The van der Waals surface area contributed by atoms with Crippen LogP contribution in [-0.4, -0.2) is 43.5 Å². The molecule has 1 aromatic carbocycles. The minimum absolute atomic E-state index is 0.247. The Labute approximate surface area is 115 Å². The van der Waals surface area contributed by atoms with Gasteiger partial charge in [-0.05, 0) is 32.4 Å². The second-order valence-corrected chi connectivity index (χ2v) is 5.31. The minimum atomic E-state index is 0.247. The summed E-state index contributed by atoms with van der Waals surface area (Å²) in [6, 6.07) is 8.39. The van der Waals surface area contributed by atoms with Crippen molar-refractivity contribution in [1.29, 1.82) is 0 Å². The van der Waals surface area contributed by atoms with Gasteiger partial charge in [0.1, 0.15) is 0 Å². The van der Waals surface area contributed by atoms with E-state index in [1.807, 2.05) is 31.2 Å². The molecule has 2 rings (SSSR count). The molecule has 0 unspecified atom stereocenters. The molecule has 104 valence electrons. The average molecular weight is 261 g/mol. The first-order valence-corrected chi connectivity index (χ1v) is 7.05. The van der Waals surface area contributed by atoms with Crippen molar-refractivity contribution >= 4 is 5.78 Å². The number of benzene rings is 1. The Hall–Kier alpha value is -1.19. The van der Waals surface area contributed by atoms with Gasteiger partial charge < -0.3 is 9.64 Å². The molecule has 0 radical (unpaired) electrons. The van der Waals surface area contributed by atoms with Gasteiger partial charge in [-0.3, -0.25) is 4.79 Å². The van der Waals surface area contributed by atoms with Gasteiger partial charge in [0.15, 0.2) is 5.78 Å². The highest BCUT2D eigenvalue weighted by Crippen LogP contribution is 2.15. The molecule has 0 aromatic heterocycles. The van der Waals surface area contributed by atoms with Crippen molar-refractivity contribution < 1.29 is 9.53 Å². The lowest BCUT2D eigenvalue weighted by Crippen LogP contribution is -2.37. The molecule has 1 heterocycles. The van der Waals surface area contributed by atoms with Crippen molar-refractivity contribution in [2.24, 2.45) is 0 Å². The van der Waals surface area contributed by atoms with Gasteiger partial charge in [-0.1, -0.05) is 24.3 Å². The lowest BCUT2D eigenvalue weighted by Gasteiger charge is -2.31. The van der Waals surface area contributed by atoms with Crippen molar-refractivity contribution in [2.45, 2.75) is 32.2 Å². The van der Waals surface area contributed by atoms with Crippen LogP contribution in [0.3, 0.4) is 0 Å². The maximum absolute atomic E-state index is 12.2. The third-order valence-corrected chi connectivity index (χ3v) is 3.95. The normalized spacial score (nSPS) is 16.8. The van der Waals surface area contributed by atoms with E-state index in [1.54, 1.807) is 0 Å². The number of hydrogen-bond acceptors (Lipinski definition) is 3. The molecule has 3 nitrogen and oxygen atoms in total. The summed E-state index contributed by atoms with van der Waals surface area (Å²) in [4.78, 5) is 14.5. The van der Waals surface area contributed by atoms with Gasteiger partial charge in [0.2, 0.25) is 0 Å². The fourth-order valence-corrected chi connectivity index (χ4v) is 2.61. The predicted molar refractivity (Wildman–Crippen MR) is 76.6 cm³/mol. The lowest BCUT2D eigenvalue weighted by atomic mass is 10.0. The van der Waals surface area contributed by atoms with E-state index in [0.29, 0.717) is 12.5 Å². The van der Waals surface area contributed by atoms with Crippen LogP contribution >= 0.6 is 0 Å². The molecule has 19 heavy (non-hydrogen) atoms. The van der Waals surface area contributed by atoms with Crippen LogP contribution in [-0.2, 0) is 4.74 Å². The Morgan fingerprint density at radius 3 is 2.68 bits per heavy atom. The van der Waals surface area contributed by atoms with Crippen molar-refractivity contribution in [1.82, 2.24) is 4.90 Å².